The van der Waals surface area contributed by atoms with Crippen molar-refractivity contribution < 1.29 is 27.5 Å². The Morgan fingerprint density at radius 2 is 1.61 bits per heavy atom. The molecule has 0 spiro atoms. The summed E-state index contributed by atoms with van der Waals surface area (Å²) < 4.78 is 38.8. The fourth-order valence-electron chi connectivity index (χ4n) is 3.18. The van der Waals surface area contributed by atoms with Gasteiger partial charge in [0.15, 0.2) is 17.3 Å². The van der Waals surface area contributed by atoms with Crippen LogP contribution < -0.4 is 19.5 Å². The Morgan fingerprint density at radius 1 is 0.909 bits per heavy atom. The Kier molecular flexibility index (Phi) is 6.66. The third-order valence-corrected chi connectivity index (χ3v) is 7.26. The zero-order valence-corrected chi connectivity index (χ0v) is 19.4. The van der Waals surface area contributed by atoms with E-state index in [1.165, 1.54) is 23.5 Å². The highest BCUT2D eigenvalue weighted by Gasteiger charge is 2.19. The maximum absolute atomic E-state index is 12.7. The van der Waals surface area contributed by atoms with Gasteiger partial charge in [0.25, 0.3) is 10.0 Å². The van der Waals surface area contributed by atoms with Crippen LogP contribution in [0.1, 0.15) is 27.4 Å². The Morgan fingerprint density at radius 3 is 2.30 bits per heavy atom. The molecular formula is C23H22N2O6S2. The molecule has 0 saturated carbocycles. The molecule has 1 aliphatic rings. The number of fused-ring (bicyclic) bond motifs is 1. The number of carbonyl (C=O) groups excluding carboxylic acids is 2. The van der Waals surface area contributed by atoms with Crippen LogP contribution in [-0.2, 0) is 14.8 Å². The predicted octanol–water partition coefficient (Wildman–Crippen LogP) is 4.23. The topological polar surface area (TPSA) is 111 Å². The number of rotatable bonds is 8. The van der Waals surface area contributed by atoms with E-state index in [0.29, 0.717) is 41.0 Å². The van der Waals surface area contributed by atoms with E-state index in [2.05, 4.69) is 10.0 Å². The van der Waals surface area contributed by atoms with E-state index in [1.807, 2.05) is 13.0 Å². The minimum Gasteiger partial charge on any atom is -0.486 e. The van der Waals surface area contributed by atoms with Gasteiger partial charge in [0, 0.05) is 35.2 Å². The second kappa shape index (κ2) is 9.63. The predicted molar refractivity (Wildman–Crippen MR) is 126 cm³/mol. The number of ketones is 1. The number of hydrogen-bond donors (Lipinski definition) is 2. The van der Waals surface area contributed by atoms with Gasteiger partial charge < -0.3 is 14.8 Å². The lowest BCUT2D eigenvalue weighted by molar-refractivity contribution is -0.116. The average molecular weight is 487 g/mol. The summed E-state index contributed by atoms with van der Waals surface area (Å²) in [5.41, 5.74) is 0.841. The summed E-state index contributed by atoms with van der Waals surface area (Å²) in [5.74, 6) is 0.538. The van der Waals surface area contributed by atoms with Gasteiger partial charge in [-0.1, -0.05) is 0 Å². The molecular weight excluding hydrogens is 464 g/mol. The van der Waals surface area contributed by atoms with Gasteiger partial charge >= 0.3 is 0 Å². The molecule has 33 heavy (non-hydrogen) atoms. The maximum Gasteiger partial charge on any atom is 0.262 e. The van der Waals surface area contributed by atoms with Gasteiger partial charge in [0.05, 0.1) is 9.77 Å². The van der Waals surface area contributed by atoms with E-state index >= 15 is 0 Å². The van der Waals surface area contributed by atoms with E-state index in [4.69, 9.17) is 9.47 Å². The first kappa shape index (κ1) is 22.8. The Labute approximate surface area is 195 Å². The molecule has 0 atom stereocenters. The van der Waals surface area contributed by atoms with E-state index in [0.717, 1.165) is 4.88 Å². The van der Waals surface area contributed by atoms with Crippen molar-refractivity contribution in [3.63, 3.8) is 0 Å². The highest BCUT2D eigenvalue weighted by atomic mass is 32.2. The Balaban J connectivity index is 1.33. The van der Waals surface area contributed by atoms with Crippen LogP contribution in [0.15, 0.2) is 59.5 Å². The number of benzene rings is 2. The number of ether oxygens (including phenoxy) is 2. The van der Waals surface area contributed by atoms with E-state index in [9.17, 15) is 18.0 Å². The molecule has 1 aromatic heterocycles. The summed E-state index contributed by atoms with van der Waals surface area (Å²) in [6.07, 6.45) is 0.188. The Bertz CT molecular complexity index is 1280. The number of aryl methyl sites for hydroxylation is 1. The summed E-state index contributed by atoms with van der Waals surface area (Å²) in [6, 6.07) is 14.3. The van der Waals surface area contributed by atoms with Gasteiger partial charge in [0.2, 0.25) is 5.91 Å². The fraction of sp³-hybridized carbons (Fsp3) is 0.217. The molecule has 3 aromatic rings. The standard InChI is InChI=1S/C23H22N2O6S2/c1-15-2-10-22(32-15)19(26)8-11-23(27)24-16-3-5-17(6-4-16)25-33(28,29)18-7-9-20-21(14-18)31-13-12-30-20/h2-7,9-10,14,25H,8,11-13H2,1H3,(H,24,27). The normalized spacial score (nSPS) is 12.8. The van der Waals surface area contributed by atoms with Crippen molar-refractivity contribution >= 4 is 44.4 Å². The SMILES string of the molecule is Cc1ccc(C(=O)CCC(=O)Nc2ccc(NS(=O)(=O)c3ccc4c(c3)OCCO4)cc2)s1. The molecule has 0 aliphatic carbocycles. The number of sulfonamides is 1. The molecule has 10 heteroatoms. The van der Waals surface area contributed by atoms with Gasteiger partial charge in [-0.15, -0.1) is 11.3 Å². The molecule has 2 heterocycles. The van der Waals surface area contributed by atoms with Crippen molar-refractivity contribution in [3.8, 4) is 11.5 Å². The Hall–Kier alpha value is -3.37. The van der Waals surface area contributed by atoms with Crippen molar-refractivity contribution in [2.24, 2.45) is 0 Å². The first-order valence-corrected chi connectivity index (χ1v) is 12.5. The van der Waals surface area contributed by atoms with Crippen LogP contribution >= 0.6 is 11.3 Å². The fourth-order valence-corrected chi connectivity index (χ4v) is 5.09. The number of hydrogen-bond acceptors (Lipinski definition) is 7. The number of carbonyl (C=O) groups is 2. The minimum atomic E-state index is -3.83. The summed E-state index contributed by atoms with van der Waals surface area (Å²) in [4.78, 5) is 26.1. The lowest BCUT2D eigenvalue weighted by Crippen LogP contribution is -2.17. The molecule has 0 unspecified atom stereocenters. The van der Waals surface area contributed by atoms with Crippen LogP contribution in [0.4, 0.5) is 11.4 Å². The van der Waals surface area contributed by atoms with Crippen molar-refractivity contribution in [3.05, 3.63) is 64.4 Å². The van der Waals surface area contributed by atoms with Crippen LogP contribution in [-0.4, -0.2) is 33.3 Å². The van der Waals surface area contributed by atoms with Gasteiger partial charge in [-0.25, -0.2) is 8.42 Å². The number of nitrogens with one attached hydrogen (secondary N) is 2. The number of thiophene rings is 1. The summed E-state index contributed by atoms with van der Waals surface area (Å²) >= 11 is 1.41. The second-order valence-corrected chi connectivity index (χ2v) is 10.3. The molecule has 0 fully saturated rings. The second-order valence-electron chi connectivity index (χ2n) is 7.37. The third-order valence-electron chi connectivity index (χ3n) is 4.84. The molecule has 1 amide bonds. The first-order valence-electron chi connectivity index (χ1n) is 10.2. The zero-order valence-electron chi connectivity index (χ0n) is 17.8. The largest absolute Gasteiger partial charge is 0.486 e. The van der Waals surface area contributed by atoms with Crippen molar-refractivity contribution in [2.45, 2.75) is 24.7 Å². The lowest BCUT2D eigenvalue weighted by atomic mass is 10.2. The molecule has 0 radical (unpaired) electrons. The van der Waals surface area contributed by atoms with E-state index in [1.54, 1.807) is 36.4 Å². The van der Waals surface area contributed by atoms with Crippen molar-refractivity contribution in [1.82, 2.24) is 0 Å². The third kappa shape index (κ3) is 5.71. The summed E-state index contributed by atoms with van der Waals surface area (Å²) in [5, 5.41) is 2.71. The van der Waals surface area contributed by atoms with Crippen LogP contribution in [0.25, 0.3) is 0 Å². The molecule has 2 N–H and O–H groups in total. The van der Waals surface area contributed by atoms with Crippen LogP contribution in [0.5, 0.6) is 11.5 Å². The van der Waals surface area contributed by atoms with Gasteiger partial charge in [-0.3, -0.25) is 14.3 Å². The van der Waals surface area contributed by atoms with Crippen LogP contribution in [0, 0.1) is 6.92 Å². The monoisotopic (exact) mass is 486 g/mol. The first-order chi connectivity index (χ1) is 15.8. The van der Waals surface area contributed by atoms with Crippen molar-refractivity contribution in [2.75, 3.05) is 23.3 Å². The molecule has 8 nitrogen and oxygen atoms in total. The zero-order chi connectivity index (χ0) is 23.4. The summed E-state index contributed by atoms with van der Waals surface area (Å²) in [6.45, 7) is 2.71. The van der Waals surface area contributed by atoms with E-state index in [-0.39, 0.29) is 29.4 Å². The molecule has 4 rings (SSSR count). The van der Waals surface area contributed by atoms with E-state index < -0.39 is 10.0 Å². The average Bonchev–Trinajstić information content (AvgIpc) is 3.24. The smallest absolute Gasteiger partial charge is 0.262 e. The molecule has 0 bridgehead atoms. The van der Waals surface area contributed by atoms with Gasteiger partial charge in [-0.05, 0) is 55.5 Å². The maximum atomic E-state index is 12.7. The highest BCUT2D eigenvalue weighted by Crippen LogP contribution is 2.32. The number of amides is 1. The van der Waals surface area contributed by atoms with Crippen LogP contribution in [0.2, 0.25) is 0 Å². The van der Waals surface area contributed by atoms with Crippen LogP contribution in [0.3, 0.4) is 0 Å². The highest BCUT2D eigenvalue weighted by molar-refractivity contribution is 7.92. The minimum absolute atomic E-state index is 0.0507. The number of anilines is 2. The molecule has 1 aliphatic heterocycles. The molecule has 0 saturated heterocycles. The lowest BCUT2D eigenvalue weighted by Gasteiger charge is -2.19. The number of Topliss-reactive ketones (excluding diaryl/α,β-unsaturated/α-hetero) is 1. The summed E-state index contributed by atoms with van der Waals surface area (Å²) in [7, 11) is -3.83. The van der Waals surface area contributed by atoms with Gasteiger partial charge in [-0.2, -0.15) is 0 Å². The van der Waals surface area contributed by atoms with Gasteiger partial charge in [0.1, 0.15) is 13.2 Å². The molecule has 2 aromatic carbocycles. The molecule has 172 valence electrons. The quantitative estimate of drug-likeness (QED) is 0.461. The van der Waals surface area contributed by atoms with Crippen molar-refractivity contribution in [1.29, 1.82) is 0 Å².